The van der Waals surface area contributed by atoms with Gasteiger partial charge in [0, 0.05) is 86.9 Å². The number of aliphatic hydroxyl groups excluding tert-OH is 2. The van der Waals surface area contributed by atoms with E-state index < -0.39 is 89.6 Å². The lowest BCUT2D eigenvalue weighted by Crippen LogP contribution is -2.48. The zero-order chi connectivity index (χ0) is 47.1. The van der Waals surface area contributed by atoms with Gasteiger partial charge >= 0.3 is 11.8 Å². The van der Waals surface area contributed by atoms with Crippen molar-refractivity contribution in [1.82, 2.24) is 10.0 Å². The predicted molar refractivity (Wildman–Crippen MR) is 237 cm³/mol. The van der Waals surface area contributed by atoms with Gasteiger partial charge in [-0.05, 0) is 39.7 Å². The Kier molecular flexibility index (Phi) is 17.2. The number of esters is 1. The largest absolute Gasteiger partial charge is 0.507 e. The van der Waals surface area contributed by atoms with E-state index in [2.05, 4.69) is 5.32 Å². The number of benzene rings is 2. The summed E-state index contributed by atoms with van der Waals surface area (Å²) >= 11 is 0. The van der Waals surface area contributed by atoms with Crippen LogP contribution in [0.25, 0.3) is 10.8 Å². The molecule has 5 N–H and O–H groups in total. The number of phenolic OH excluding ortho intramolecular Hbond substituents is 2. The van der Waals surface area contributed by atoms with Crippen LogP contribution in [0.5, 0.6) is 23.0 Å². The molecule has 2 aromatic carbocycles. The summed E-state index contributed by atoms with van der Waals surface area (Å²) in [5, 5.41) is 52.3. The molecule has 2 amide bonds. The highest BCUT2D eigenvalue weighted by Crippen LogP contribution is 2.54. The number of aromatic hydroxyl groups is 2. The highest BCUT2D eigenvalue weighted by Gasteiger charge is 2.50. The van der Waals surface area contributed by atoms with Gasteiger partial charge in [0.05, 0.1) is 41.2 Å². The minimum absolute atomic E-state index is 0.0588. The Hall–Kier alpha value is -5.16. The quantitative estimate of drug-likeness (QED) is 0.0951. The fourth-order valence-corrected chi connectivity index (χ4v) is 8.37. The van der Waals surface area contributed by atoms with Crippen molar-refractivity contribution in [2.24, 2.45) is 23.7 Å². The van der Waals surface area contributed by atoms with Crippen molar-refractivity contribution in [2.75, 3.05) is 38.7 Å². The number of hydrazine groups is 1. The summed E-state index contributed by atoms with van der Waals surface area (Å²) in [4.78, 5) is 54.5. The SMILES string of the molecule is CCCN(CCC)N(CC)C(=O)COc1cc2c(O)c3c(O)c(C)c4c(c13)C(=O)C(C)(O/C=C/C(OC)C(C)C(OC(C)=O)C(C)C(O)C(C)C(O)C(C)/C=C/C=C(/C)C(=O)N2)O4. The van der Waals surface area contributed by atoms with Crippen LogP contribution in [0.4, 0.5) is 5.69 Å². The van der Waals surface area contributed by atoms with Crippen molar-refractivity contribution < 1.29 is 63.3 Å². The summed E-state index contributed by atoms with van der Waals surface area (Å²) in [6.07, 6.45) is 5.20. The first-order valence-corrected chi connectivity index (χ1v) is 21.7. The van der Waals surface area contributed by atoms with Crippen LogP contribution in [-0.2, 0) is 28.6 Å². The van der Waals surface area contributed by atoms with Crippen molar-refractivity contribution in [3.63, 3.8) is 0 Å². The van der Waals surface area contributed by atoms with Crippen molar-refractivity contribution in [3.8, 4) is 23.0 Å². The Balaban J connectivity index is 1.94. The molecule has 5 rings (SSSR count). The highest BCUT2D eigenvalue weighted by molar-refractivity contribution is 6.21. The second kappa shape index (κ2) is 21.5. The normalized spacial score (nSPS) is 28.8. The fourth-order valence-electron chi connectivity index (χ4n) is 8.37. The number of allylic oxidation sites excluding steroid dienone is 2. The highest BCUT2D eigenvalue weighted by atomic mass is 16.7. The second-order valence-electron chi connectivity index (χ2n) is 16.8. The maximum absolute atomic E-state index is 14.6. The van der Waals surface area contributed by atoms with Gasteiger partial charge in [-0.2, -0.15) is 0 Å². The first kappa shape index (κ1) is 50.5. The van der Waals surface area contributed by atoms with E-state index in [9.17, 15) is 39.6 Å². The molecule has 0 saturated heterocycles. The number of carbonyl (C=O) groups is 4. The number of ketones is 1. The third-order valence-corrected chi connectivity index (χ3v) is 12.1. The van der Waals surface area contributed by atoms with Crippen LogP contribution in [0.3, 0.4) is 0 Å². The fraction of sp³-hybridized carbons (Fsp3) is 0.574. The molecule has 0 radical (unpaired) electrons. The number of anilines is 1. The number of likely N-dealkylation sites (N-methyl/N-ethyl adjacent to an activating group) is 1. The van der Waals surface area contributed by atoms with Gasteiger partial charge in [0.1, 0.15) is 23.4 Å². The number of hydrogen-bond acceptors (Lipinski definition) is 14. The Labute approximate surface area is 370 Å². The molecule has 348 valence electrons. The number of nitrogens with zero attached hydrogens (tertiary/aromatic N) is 2. The standard InChI is InChI=1S/C47H67N3O13/c1-13-20-49(21-14-2)50(15-3)35(52)24-60-34-23-32-42(56)37-36(34)38-44(30(9)41(37)55)63-47(11,45(38)57)61-22-19-33(59-12)27(6)43(62-31(10)51)29(8)40(54)28(7)39(53)25(4)17-16-18-26(5)46(58)48-32/h16-19,22-23,25,27-29,33,39-40,43,53-56H,13-15,20-21,24H2,1-12H3,(H,48,58)/b17-16+,22-19+,26-18-. The molecule has 63 heavy (non-hydrogen) atoms. The van der Waals surface area contributed by atoms with Crippen molar-refractivity contribution in [3.05, 3.63) is 53.3 Å². The number of phenols is 2. The number of amides is 2. The average molecular weight is 882 g/mol. The third-order valence-electron chi connectivity index (χ3n) is 12.1. The van der Waals surface area contributed by atoms with Crippen LogP contribution in [0.15, 0.2) is 42.2 Å². The number of fused-ring (bicyclic) bond motifs is 14. The van der Waals surface area contributed by atoms with Gasteiger partial charge in [0.25, 0.3) is 17.6 Å². The lowest BCUT2D eigenvalue weighted by molar-refractivity contribution is -0.160. The van der Waals surface area contributed by atoms with E-state index in [1.165, 1.54) is 59.3 Å². The van der Waals surface area contributed by atoms with Gasteiger partial charge in [-0.1, -0.05) is 59.8 Å². The van der Waals surface area contributed by atoms with Crippen LogP contribution in [0.2, 0.25) is 0 Å². The molecule has 5 bridgehead atoms. The average Bonchev–Trinajstić information content (AvgIpc) is 3.51. The third kappa shape index (κ3) is 10.8. The molecule has 3 aliphatic rings. The van der Waals surface area contributed by atoms with Gasteiger partial charge in [0.2, 0.25) is 0 Å². The van der Waals surface area contributed by atoms with Crippen LogP contribution in [0.1, 0.15) is 98.0 Å². The van der Waals surface area contributed by atoms with E-state index in [4.69, 9.17) is 23.7 Å². The molecule has 2 aromatic rings. The van der Waals surface area contributed by atoms with Gasteiger partial charge in [0.15, 0.2) is 12.4 Å². The number of methoxy groups -OCH3 is 1. The van der Waals surface area contributed by atoms with Crippen molar-refractivity contribution >= 4 is 40.0 Å². The van der Waals surface area contributed by atoms with Crippen molar-refractivity contribution in [1.29, 1.82) is 0 Å². The Morgan fingerprint density at radius 2 is 1.57 bits per heavy atom. The lowest BCUT2D eigenvalue weighted by atomic mass is 9.78. The molecule has 0 saturated carbocycles. The summed E-state index contributed by atoms with van der Waals surface area (Å²) in [6, 6.07) is 1.28. The molecule has 0 aliphatic carbocycles. The molecule has 9 unspecified atom stereocenters. The number of carbonyl (C=O) groups excluding carboxylic acids is 4. The van der Waals surface area contributed by atoms with E-state index in [-0.39, 0.29) is 50.6 Å². The number of hydrogen-bond donors (Lipinski definition) is 5. The van der Waals surface area contributed by atoms with Crippen LogP contribution < -0.4 is 14.8 Å². The topological polar surface area (TPSA) is 214 Å². The molecule has 3 aliphatic heterocycles. The van der Waals surface area contributed by atoms with Gasteiger partial charge in [-0.25, -0.2) is 5.01 Å². The van der Waals surface area contributed by atoms with Crippen molar-refractivity contribution in [2.45, 2.75) is 119 Å². The number of aliphatic hydroxyl groups is 2. The zero-order valence-corrected chi connectivity index (χ0v) is 38.7. The molecule has 3 heterocycles. The maximum atomic E-state index is 14.6. The number of ether oxygens (including phenoxy) is 5. The summed E-state index contributed by atoms with van der Waals surface area (Å²) in [6.45, 7) is 19.6. The maximum Gasteiger partial charge on any atom is 0.312 e. The van der Waals surface area contributed by atoms with E-state index in [1.807, 2.05) is 25.8 Å². The second-order valence-corrected chi connectivity index (χ2v) is 16.8. The molecule has 0 fully saturated rings. The minimum atomic E-state index is -2.04. The number of nitrogens with one attached hydrogen (secondary N) is 1. The molecular formula is C47H67N3O13. The molecule has 16 nitrogen and oxygen atoms in total. The smallest absolute Gasteiger partial charge is 0.312 e. The van der Waals surface area contributed by atoms with Crippen LogP contribution in [-0.4, -0.2) is 118 Å². The lowest BCUT2D eigenvalue weighted by Gasteiger charge is -2.38. The molecule has 16 heteroatoms. The molecular weight excluding hydrogens is 815 g/mol. The monoisotopic (exact) mass is 881 g/mol. The first-order chi connectivity index (χ1) is 29.7. The number of Topliss-reactive ketones (excluding diaryl/α,β-unsaturated/α-hetero) is 1. The van der Waals surface area contributed by atoms with E-state index >= 15 is 0 Å². The van der Waals surface area contributed by atoms with Gasteiger partial charge < -0.3 is 49.4 Å². The Morgan fingerprint density at radius 1 is 0.921 bits per heavy atom. The Morgan fingerprint density at radius 3 is 2.16 bits per heavy atom. The predicted octanol–water partition coefficient (Wildman–Crippen LogP) is 6.31. The van der Waals surface area contributed by atoms with Gasteiger partial charge in [-0.15, -0.1) is 0 Å². The van der Waals surface area contributed by atoms with Crippen LogP contribution >= 0.6 is 0 Å². The van der Waals surface area contributed by atoms with E-state index in [0.29, 0.717) is 19.6 Å². The summed E-state index contributed by atoms with van der Waals surface area (Å²) in [7, 11) is 1.44. The summed E-state index contributed by atoms with van der Waals surface area (Å²) in [5.74, 6) is -8.08. The Bertz CT molecular complexity index is 2090. The van der Waals surface area contributed by atoms with Gasteiger partial charge in [-0.3, -0.25) is 24.2 Å². The minimum Gasteiger partial charge on any atom is -0.507 e. The zero-order valence-electron chi connectivity index (χ0n) is 38.7. The first-order valence-electron chi connectivity index (χ1n) is 21.7. The van der Waals surface area contributed by atoms with E-state index in [0.717, 1.165) is 12.8 Å². The van der Waals surface area contributed by atoms with Crippen LogP contribution in [0, 0.1) is 30.6 Å². The molecule has 9 atom stereocenters. The number of rotatable bonds is 11. The molecule has 0 aromatic heterocycles. The van der Waals surface area contributed by atoms with E-state index in [1.54, 1.807) is 44.9 Å². The summed E-state index contributed by atoms with van der Waals surface area (Å²) in [5.41, 5.74) is -0.0142. The molecule has 0 spiro atoms. The summed E-state index contributed by atoms with van der Waals surface area (Å²) < 4.78 is 30.0.